The number of rotatable bonds is 6. The molecule has 0 aliphatic rings. The van der Waals surface area contributed by atoms with Gasteiger partial charge in [-0.2, -0.15) is 0 Å². The molecule has 2 aromatic carbocycles. The third kappa shape index (κ3) is 4.12. The highest BCUT2D eigenvalue weighted by molar-refractivity contribution is 5.79. The molecule has 1 atom stereocenters. The molecule has 2 rings (SSSR count). The number of nitrogens with one attached hydrogen (secondary N) is 1. The number of carbonyl (C=O) groups is 1. The van der Waals surface area contributed by atoms with Crippen LogP contribution in [0, 0.1) is 0 Å². The van der Waals surface area contributed by atoms with Gasteiger partial charge in [0.1, 0.15) is 6.04 Å². The summed E-state index contributed by atoms with van der Waals surface area (Å²) in [5.41, 5.74) is 2.15. The number of para-hydroxylation sites is 1. The van der Waals surface area contributed by atoms with Gasteiger partial charge in [0.15, 0.2) is 0 Å². The molecule has 0 bridgehead atoms. The van der Waals surface area contributed by atoms with Crippen molar-refractivity contribution >= 4 is 11.7 Å². The fraction of sp³-hybridized carbons (Fsp3) is 0.235. The number of esters is 1. The number of carbonyl (C=O) groups excluding carboxylic acids is 1. The summed E-state index contributed by atoms with van der Waals surface area (Å²) in [4.78, 5) is 11.9. The number of hydrogen-bond acceptors (Lipinski definition) is 3. The number of anilines is 1. The van der Waals surface area contributed by atoms with Gasteiger partial charge < -0.3 is 10.1 Å². The average Bonchev–Trinajstić information content (AvgIpc) is 2.52. The summed E-state index contributed by atoms with van der Waals surface area (Å²) >= 11 is 0. The topological polar surface area (TPSA) is 38.3 Å². The summed E-state index contributed by atoms with van der Waals surface area (Å²) in [5.74, 6) is -0.232. The molecule has 0 aliphatic carbocycles. The van der Waals surface area contributed by atoms with Crippen molar-refractivity contribution in [3.8, 4) is 0 Å². The lowest BCUT2D eigenvalue weighted by Gasteiger charge is -2.17. The van der Waals surface area contributed by atoms with Gasteiger partial charge in [-0.15, -0.1) is 0 Å². The van der Waals surface area contributed by atoms with Gasteiger partial charge in [-0.05, 0) is 30.5 Å². The molecular formula is C17H19NO2. The van der Waals surface area contributed by atoms with Gasteiger partial charge in [-0.25, -0.2) is 4.79 Å². The summed E-state index contributed by atoms with van der Waals surface area (Å²) in [6.07, 6.45) is 1.53. The zero-order valence-electron chi connectivity index (χ0n) is 11.6. The standard InChI is InChI=1S/C17H19NO2/c1-20-17(19)16(18-15-10-6-3-7-11-15)13-12-14-8-4-2-5-9-14/h2-11,16,18H,12-13H2,1H3. The minimum atomic E-state index is -0.331. The molecule has 0 amide bonds. The summed E-state index contributed by atoms with van der Waals surface area (Å²) < 4.78 is 4.87. The highest BCUT2D eigenvalue weighted by atomic mass is 16.5. The Morgan fingerprint density at radius 3 is 2.25 bits per heavy atom. The molecule has 0 aliphatic heterocycles. The zero-order chi connectivity index (χ0) is 14.2. The van der Waals surface area contributed by atoms with E-state index in [0.717, 1.165) is 12.1 Å². The van der Waals surface area contributed by atoms with E-state index in [0.29, 0.717) is 6.42 Å². The second kappa shape index (κ2) is 7.34. The normalized spacial score (nSPS) is 11.7. The van der Waals surface area contributed by atoms with Crippen molar-refractivity contribution in [2.45, 2.75) is 18.9 Å². The van der Waals surface area contributed by atoms with Crippen LogP contribution in [-0.4, -0.2) is 19.1 Å². The molecule has 0 saturated heterocycles. The molecule has 1 N–H and O–H groups in total. The summed E-state index contributed by atoms with van der Waals surface area (Å²) in [6, 6.07) is 19.5. The van der Waals surface area contributed by atoms with Gasteiger partial charge in [0, 0.05) is 5.69 Å². The number of ether oxygens (including phenoxy) is 1. The minimum Gasteiger partial charge on any atom is -0.467 e. The Kier molecular flexibility index (Phi) is 5.18. The molecule has 3 nitrogen and oxygen atoms in total. The van der Waals surface area contributed by atoms with E-state index in [9.17, 15) is 4.79 Å². The van der Waals surface area contributed by atoms with Gasteiger partial charge in [0.25, 0.3) is 0 Å². The van der Waals surface area contributed by atoms with Crippen molar-refractivity contribution in [3.05, 3.63) is 66.2 Å². The van der Waals surface area contributed by atoms with Crippen molar-refractivity contribution in [1.82, 2.24) is 0 Å². The van der Waals surface area contributed by atoms with Gasteiger partial charge >= 0.3 is 5.97 Å². The monoisotopic (exact) mass is 269 g/mol. The molecule has 0 saturated carbocycles. The molecule has 0 fully saturated rings. The largest absolute Gasteiger partial charge is 0.467 e. The van der Waals surface area contributed by atoms with Crippen molar-refractivity contribution in [3.63, 3.8) is 0 Å². The first kappa shape index (κ1) is 14.1. The first-order valence-electron chi connectivity index (χ1n) is 6.73. The predicted molar refractivity (Wildman–Crippen MR) is 80.6 cm³/mol. The van der Waals surface area contributed by atoms with Crippen LogP contribution in [0.5, 0.6) is 0 Å². The Labute approximate surface area is 119 Å². The predicted octanol–water partition coefficient (Wildman–Crippen LogP) is 3.27. The van der Waals surface area contributed by atoms with Crippen LogP contribution in [0.2, 0.25) is 0 Å². The van der Waals surface area contributed by atoms with Crippen LogP contribution in [-0.2, 0) is 16.0 Å². The van der Waals surface area contributed by atoms with E-state index < -0.39 is 0 Å². The smallest absolute Gasteiger partial charge is 0.328 e. The van der Waals surface area contributed by atoms with Crippen LogP contribution in [0.15, 0.2) is 60.7 Å². The zero-order valence-corrected chi connectivity index (χ0v) is 11.6. The Morgan fingerprint density at radius 2 is 1.65 bits per heavy atom. The van der Waals surface area contributed by atoms with Gasteiger partial charge in [0.05, 0.1) is 7.11 Å². The first-order chi connectivity index (χ1) is 9.79. The van der Waals surface area contributed by atoms with E-state index in [2.05, 4.69) is 17.4 Å². The third-order valence-electron chi connectivity index (χ3n) is 3.16. The Bertz CT molecular complexity index is 525. The van der Waals surface area contributed by atoms with Crippen LogP contribution in [0.3, 0.4) is 0 Å². The second-order valence-corrected chi connectivity index (χ2v) is 4.61. The van der Waals surface area contributed by atoms with E-state index >= 15 is 0 Å². The van der Waals surface area contributed by atoms with Crippen molar-refractivity contribution in [2.24, 2.45) is 0 Å². The quantitative estimate of drug-likeness (QED) is 0.818. The maximum Gasteiger partial charge on any atom is 0.328 e. The molecule has 104 valence electrons. The number of hydrogen-bond donors (Lipinski definition) is 1. The number of aryl methyl sites for hydroxylation is 1. The van der Waals surface area contributed by atoms with Crippen molar-refractivity contribution in [2.75, 3.05) is 12.4 Å². The van der Waals surface area contributed by atoms with E-state index in [1.54, 1.807) is 0 Å². The second-order valence-electron chi connectivity index (χ2n) is 4.61. The average molecular weight is 269 g/mol. The summed E-state index contributed by atoms with van der Waals surface area (Å²) in [6.45, 7) is 0. The van der Waals surface area contributed by atoms with Crippen LogP contribution < -0.4 is 5.32 Å². The molecular weight excluding hydrogens is 250 g/mol. The van der Waals surface area contributed by atoms with Crippen LogP contribution in [0.25, 0.3) is 0 Å². The fourth-order valence-corrected chi connectivity index (χ4v) is 2.08. The van der Waals surface area contributed by atoms with E-state index in [1.165, 1.54) is 12.7 Å². The Morgan fingerprint density at radius 1 is 1.05 bits per heavy atom. The fourth-order valence-electron chi connectivity index (χ4n) is 2.08. The van der Waals surface area contributed by atoms with Crippen LogP contribution >= 0.6 is 0 Å². The highest BCUT2D eigenvalue weighted by Crippen LogP contribution is 2.12. The maximum atomic E-state index is 11.9. The van der Waals surface area contributed by atoms with Crippen molar-refractivity contribution in [1.29, 1.82) is 0 Å². The first-order valence-corrected chi connectivity index (χ1v) is 6.73. The highest BCUT2D eigenvalue weighted by Gasteiger charge is 2.18. The summed E-state index contributed by atoms with van der Waals surface area (Å²) in [5, 5.41) is 3.23. The molecule has 0 spiro atoms. The third-order valence-corrected chi connectivity index (χ3v) is 3.16. The lowest BCUT2D eigenvalue weighted by molar-refractivity contribution is -0.141. The van der Waals surface area contributed by atoms with Crippen LogP contribution in [0.1, 0.15) is 12.0 Å². The molecule has 0 aromatic heterocycles. The molecule has 3 heteroatoms. The lowest BCUT2D eigenvalue weighted by atomic mass is 10.0. The number of methoxy groups -OCH3 is 1. The SMILES string of the molecule is COC(=O)C(CCc1ccccc1)Nc1ccccc1. The molecule has 2 aromatic rings. The van der Waals surface area contributed by atoms with E-state index in [4.69, 9.17) is 4.74 Å². The lowest BCUT2D eigenvalue weighted by Crippen LogP contribution is -2.31. The van der Waals surface area contributed by atoms with Crippen molar-refractivity contribution < 1.29 is 9.53 Å². The molecule has 0 radical (unpaired) electrons. The molecule has 0 heterocycles. The van der Waals surface area contributed by atoms with Gasteiger partial charge in [0.2, 0.25) is 0 Å². The molecule has 1 unspecified atom stereocenters. The number of benzene rings is 2. The van der Waals surface area contributed by atoms with Gasteiger partial charge in [-0.1, -0.05) is 48.5 Å². The van der Waals surface area contributed by atoms with Gasteiger partial charge in [-0.3, -0.25) is 0 Å². The maximum absolute atomic E-state index is 11.9. The summed E-state index contributed by atoms with van der Waals surface area (Å²) in [7, 11) is 1.42. The van der Waals surface area contributed by atoms with E-state index in [-0.39, 0.29) is 12.0 Å². The van der Waals surface area contributed by atoms with E-state index in [1.807, 2.05) is 48.5 Å². The Balaban J connectivity index is 1.99. The van der Waals surface area contributed by atoms with Crippen LogP contribution in [0.4, 0.5) is 5.69 Å². The molecule has 20 heavy (non-hydrogen) atoms. The Hall–Kier alpha value is -2.29. The minimum absolute atomic E-state index is 0.232.